The predicted molar refractivity (Wildman–Crippen MR) is 59.3 cm³/mol. The SMILES string of the molecule is CCCOCC(=O)N1CC(O)CC1C(=O)OC. The molecule has 0 saturated carbocycles. The van der Waals surface area contributed by atoms with Crippen molar-refractivity contribution in [3.05, 3.63) is 0 Å². The molecule has 1 heterocycles. The van der Waals surface area contributed by atoms with E-state index in [9.17, 15) is 14.7 Å². The van der Waals surface area contributed by atoms with Crippen LogP contribution in [0.3, 0.4) is 0 Å². The third kappa shape index (κ3) is 3.67. The van der Waals surface area contributed by atoms with Gasteiger partial charge < -0.3 is 19.5 Å². The highest BCUT2D eigenvalue weighted by Gasteiger charge is 2.39. The molecule has 2 atom stereocenters. The number of carbonyl (C=O) groups is 2. The molecule has 1 aliphatic rings. The lowest BCUT2D eigenvalue weighted by Crippen LogP contribution is -2.43. The lowest BCUT2D eigenvalue weighted by atomic mass is 10.2. The summed E-state index contributed by atoms with van der Waals surface area (Å²) in [6.07, 6.45) is 0.386. The first-order chi connectivity index (χ1) is 8.10. The van der Waals surface area contributed by atoms with Gasteiger partial charge in [0.15, 0.2) is 0 Å². The summed E-state index contributed by atoms with van der Waals surface area (Å²) in [6.45, 7) is 2.55. The molecular weight excluding hydrogens is 226 g/mol. The molecule has 17 heavy (non-hydrogen) atoms. The molecule has 0 aliphatic carbocycles. The molecule has 6 nitrogen and oxygen atoms in total. The second-order valence-corrected chi connectivity index (χ2v) is 4.03. The minimum Gasteiger partial charge on any atom is -0.467 e. The number of hydrogen-bond acceptors (Lipinski definition) is 5. The van der Waals surface area contributed by atoms with Crippen molar-refractivity contribution >= 4 is 11.9 Å². The van der Waals surface area contributed by atoms with Gasteiger partial charge >= 0.3 is 5.97 Å². The second-order valence-electron chi connectivity index (χ2n) is 4.03. The van der Waals surface area contributed by atoms with Gasteiger partial charge in [0.05, 0.1) is 13.2 Å². The molecule has 2 unspecified atom stereocenters. The van der Waals surface area contributed by atoms with Crippen LogP contribution in [0, 0.1) is 0 Å². The van der Waals surface area contributed by atoms with E-state index >= 15 is 0 Å². The van der Waals surface area contributed by atoms with E-state index in [4.69, 9.17) is 4.74 Å². The fourth-order valence-electron chi connectivity index (χ4n) is 1.84. The molecule has 0 aromatic heterocycles. The number of β-amino-alcohol motifs (C(OH)–C–C–N with tert-alkyl or cyclic N) is 1. The Morgan fingerprint density at radius 2 is 2.18 bits per heavy atom. The highest BCUT2D eigenvalue weighted by molar-refractivity contribution is 5.85. The van der Waals surface area contributed by atoms with Crippen LogP contribution >= 0.6 is 0 Å². The van der Waals surface area contributed by atoms with Crippen LogP contribution in [-0.2, 0) is 19.1 Å². The van der Waals surface area contributed by atoms with Crippen molar-refractivity contribution in [2.45, 2.75) is 31.9 Å². The average Bonchev–Trinajstić information content (AvgIpc) is 2.70. The number of carbonyl (C=O) groups excluding carboxylic acids is 2. The van der Waals surface area contributed by atoms with Gasteiger partial charge in [0.1, 0.15) is 12.6 Å². The van der Waals surface area contributed by atoms with E-state index in [1.54, 1.807) is 0 Å². The highest BCUT2D eigenvalue weighted by Crippen LogP contribution is 2.19. The first-order valence-corrected chi connectivity index (χ1v) is 5.73. The quantitative estimate of drug-likeness (QED) is 0.524. The van der Waals surface area contributed by atoms with Gasteiger partial charge in [-0.1, -0.05) is 6.92 Å². The van der Waals surface area contributed by atoms with E-state index in [1.807, 2.05) is 6.92 Å². The number of nitrogens with zero attached hydrogens (tertiary/aromatic N) is 1. The second kappa shape index (κ2) is 6.56. The van der Waals surface area contributed by atoms with Gasteiger partial charge in [0.2, 0.25) is 5.91 Å². The van der Waals surface area contributed by atoms with Crippen LogP contribution in [0.15, 0.2) is 0 Å². The smallest absolute Gasteiger partial charge is 0.328 e. The fourth-order valence-corrected chi connectivity index (χ4v) is 1.84. The van der Waals surface area contributed by atoms with Crippen LogP contribution in [-0.4, -0.2) is 60.9 Å². The van der Waals surface area contributed by atoms with Crippen molar-refractivity contribution in [1.29, 1.82) is 0 Å². The number of aliphatic hydroxyl groups excluding tert-OH is 1. The third-order valence-electron chi connectivity index (χ3n) is 2.65. The molecule has 1 saturated heterocycles. The summed E-state index contributed by atoms with van der Waals surface area (Å²) in [5, 5.41) is 9.49. The summed E-state index contributed by atoms with van der Waals surface area (Å²) >= 11 is 0. The van der Waals surface area contributed by atoms with Gasteiger partial charge in [0.25, 0.3) is 0 Å². The van der Waals surface area contributed by atoms with E-state index in [0.29, 0.717) is 6.61 Å². The summed E-state index contributed by atoms with van der Waals surface area (Å²) in [5.74, 6) is -0.782. The van der Waals surface area contributed by atoms with Crippen molar-refractivity contribution in [2.24, 2.45) is 0 Å². The third-order valence-corrected chi connectivity index (χ3v) is 2.65. The first-order valence-electron chi connectivity index (χ1n) is 5.73. The molecule has 1 N–H and O–H groups in total. The topological polar surface area (TPSA) is 76.1 Å². The Morgan fingerprint density at radius 1 is 1.47 bits per heavy atom. The van der Waals surface area contributed by atoms with Gasteiger partial charge in [-0.3, -0.25) is 4.79 Å². The number of ether oxygens (including phenoxy) is 2. The summed E-state index contributed by atoms with van der Waals surface area (Å²) in [6, 6.07) is -0.687. The Balaban J connectivity index is 2.54. The molecule has 1 aliphatic heterocycles. The molecule has 0 bridgehead atoms. The number of aliphatic hydroxyl groups is 1. The number of likely N-dealkylation sites (tertiary alicyclic amines) is 1. The molecule has 0 spiro atoms. The van der Waals surface area contributed by atoms with Crippen molar-refractivity contribution in [3.8, 4) is 0 Å². The first kappa shape index (κ1) is 13.9. The molecule has 1 rings (SSSR count). The molecular formula is C11H19NO5. The van der Waals surface area contributed by atoms with Gasteiger partial charge in [-0.25, -0.2) is 4.79 Å². The van der Waals surface area contributed by atoms with Gasteiger partial charge in [-0.15, -0.1) is 0 Å². The average molecular weight is 245 g/mol. The highest BCUT2D eigenvalue weighted by atomic mass is 16.5. The lowest BCUT2D eigenvalue weighted by Gasteiger charge is -2.22. The zero-order valence-corrected chi connectivity index (χ0v) is 10.2. The molecule has 98 valence electrons. The van der Waals surface area contributed by atoms with E-state index in [-0.39, 0.29) is 25.5 Å². The zero-order valence-electron chi connectivity index (χ0n) is 10.2. The maximum Gasteiger partial charge on any atom is 0.328 e. The van der Waals surface area contributed by atoms with Crippen molar-refractivity contribution in [2.75, 3.05) is 26.9 Å². The van der Waals surface area contributed by atoms with E-state index in [2.05, 4.69) is 4.74 Å². The lowest BCUT2D eigenvalue weighted by molar-refractivity contribution is -0.152. The van der Waals surface area contributed by atoms with E-state index < -0.39 is 18.1 Å². The minimum atomic E-state index is -0.687. The Labute approximate surface area is 100 Å². The molecule has 0 aromatic carbocycles. The van der Waals surface area contributed by atoms with E-state index in [1.165, 1.54) is 12.0 Å². The fraction of sp³-hybridized carbons (Fsp3) is 0.818. The number of amides is 1. The monoisotopic (exact) mass is 245 g/mol. The summed E-state index contributed by atoms with van der Waals surface area (Å²) < 4.78 is 9.73. The van der Waals surface area contributed by atoms with Crippen LogP contribution in [0.2, 0.25) is 0 Å². The molecule has 0 radical (unpaired) electrons. The summed E-state index contributed by atoms with van der Waals surface area (Å²) in [5.41, 5.74) is 0. The van der Waals surface area contributed by atoms with Crippen LogP contribution in [0.1, 0.15) is 19.8 Å². The maximum absolute atomic E-state index is 11.8. The molecule has 6 heteroatoms. The van der Waals surface area contributed by atoms with Gasteiger partial charge in [-0.05, 0) is 6.42 Å². The normalized spacial score (nSPS) is 23.8. The molecule has 0 aromatic rings. The minimum absolute atomic E-state index is 0.0615. The van der Waals surface area contributed by atoms with E-state index in [0.717, 1.165) is 6.42 Å². The largest absolute Gasteiger partial charge is 0.467 e. The predicted octanol–water partition coefficient (Wildman–Crippen LogP) is -0.452. The number of methoxy groups -OCH3 is 1. The summed E-state index contributed by atoms with van der Waals surface area (Å²) in [7, 11) is 1.27. The number of hydrogen-bond donors (Lipinski definition) is 1. The Kier molecular flexibility index (Phi) is 5.37. The van der Waals surface area contributed by atoms with Crippen molar-refractivity contribution in [1.82, 2.24) is 4.90 Å². The molecule has 1 fully saturated rings. The molecule has 1 amide bonds. The van der Waals surface area contributed by atoms with Gasteiger partial charge in [-0.2, -0.15) is 0 Å². The Morgan fingerprint density at radius 3 is 2.76 bits per heavy atom. The zero-order chi connectivity index (χ0) is 12.8. The maximum atomic E-state index is 11.8. The van der Waals surface area contributed by atoms with Crippen LogP contribution < -0.4 is 0 Å². The Bertz CT molecular complexity index is 281. The standard InChI is InChI=1S/C11H19NO5/c1-3-4-17-7-10(14)12-6-8(13)5-9(12)11(15)16-2/h8-9,13H,3-7H2,1-2H3. The van der Waals surface area contributed by atoms with Crippen molar-refractivity contribution in [3.63, 3.8) is 0 Å². The number of esters is 1. The Hall–Kier alpha value is -1.14. The van der Waals surface area contributed by atoms with Crippen LogP contribution in [0.5, 0.6) is 0 Å². The number of rotatable bonds is 5. The van der Waals surface area contributed by atoms with Crippen LogP contribution in [0.25, 0.3) is 0 Å². The van der Waals surface area contributed by atoms with Gasteiger partial charge in [0, 0.05) is 19.6 Å². The van der Waals surface area contributed by atoms with Crippen LogP contribution in [0.4, 0.5) is 0 Å². The van der Waals surface area contributed by atoms with Crippen molar-refractivity contribution < 1.29 is 24.2 Å². The summed E-state index contributed by atoms with van der Waals surface area (Å²) in [4.78, 5) is 24.5.